The van der Waals surface area contributed by atoms with Gasteiger partial charge in [0.05, 0.1) is 0 Å². The second-order valence-electron chi connectivity index (χ2n) is 4.60. The van der Waals surface area contributed by atoms with E-state index in [4.69, 9.17) is 0 Å². The van der Waals surface area contributed by atoms with Crippen molar-refractivity contribution in [1.82, 2.24) is 5.32 Å². The lowest BCUT2D eigenvalue weighted by atomic mass is 9.95. The van der Waals surface area contributed by atoms with Gasteiger partial charge in [-0.25, -0.2) is 0 Å². The molecule has 0 saturated heterocycles. The van der Waals surface area contributed by atoms with E-state index in [1.165, 1.54) is 25.7 Å². The highest BCUT2D eigenvalue weighted by Crippen LogP contribution is 2.44. The number of hydrogen-bond donors (Lipinski definition) is 1. The first kappa shape index (κ1) is 7.60. The van der Waals surface area contributed by atoms with Crippen LogP contribution in [0.3, 0.4) is 0 Å². The molecule has 1 nitrogen and oxygen atoms in total. The third-order valence-electron chi connectivity index (χ3n) is 3.29. The molecule has 0 aromatic heterocycles. The van der Waals surface area contributed by atoms with Crippen molar-refractivity contribution in [3.05, 3.63) is 0 Å². The maximum absolute atomic E-state index is 3.67. The first-order chi connectivity index (χ1) is 5.25. The molecule has 0 aliphatic heterocycles. The van der Waals surface area contributed by atoms with Gasteiger partial charge < -0.3 is 5.32 Å². The summed E-state index contributed by atoms with van der Waals surface area (Å²) >= 11 is 0. The number of fused-ring (bicyclic) bond motifs is 2. The lowest BCUT2D eigenvalue weighted by Gasteiger charge is -2.24. The van der Waals surface area contributed by atoms with Gasteiger partial charge in [-0.2, -0.15) is 0 Å². The molecule has 2 aliphatic rings. The van der Waals surface area contributed by atoms with E-state index in [1.54, 1.807) is 0 Å². The van der Waals surface area contributed by atoms with Crippen LogP contribution in [-0.4, -0.2) is 12.1 Å². The topological polar surface area (TPSA) is 12.0 Å². The van der Waals surface area contributed by atoms with Crippen LogP contribution in [0.2, 0.25) is 0 Å². The molecule has 0 heterocycles. The van der Waals surface area contributed by atoms with E-state index in [1.807, 2.05) is 0 Å². The molecule has 0 spiro atoms. The summed E-state index contributed by atoms with van der Waals surface area (Å²) < 4.78 is 0. The Labute approximate surface area is 69.6 Å². The largest absolute Gasteiger partial charge is 0.311 e. The van der Waals surface area contributed by atoms with Gasteiger partial charge in [-0.1, -0.05) is 20.3 Å². The Morgan fingerprint density at radius 2 is 2.00 bits per heavy atom. The molecule has 1 heteroatoms. The van der Waals surface area contributed by atoms with E-state index in [9.17, 15) is 0 Å². The zero-order valence-electron chi connectivity index (χ0n) is 7.64. The molecule has 11 heavy (non-hydrogen) atoms. The van der Waals surface area contributed by atoms with Gasteiger partial charge in [0.15, 0.2) is 0 Å². The first-order valence-electron chi connectivity index (χ1n) is 5.01. The highest BCUT2D eigenvalue weighted by atomic mass is 15.0. The smallest absolute Gasteiger partial charge is 0.0100 e. The van der Waals surface area contributed by atoms with Crippen molar-refractivity contribution in [2.45, 2.75) is 51.6 Å². The number of nitrogens with one attached hydrogen (secondary N) is 1. The molecule has 0 aromatic carbocycles. The zero-order valence-corrected chi connectivity index (χ0v) is 7.64. The summed E-state index contributed by atoms with van der Waals surface area (Å²) in [5, 5.41) is 3.67. The molecule has 2 aliphatic carbocycles. The van der Waals surface area contributed by atoms with Crippen LogP contribution in [0.25, 0.3) is 0 Å². The maximum atomic E-state index is 3.67. The second kappa shape index (κ2) is 2.78. The monoisotopic (exact) mass is 153 g/mol. The fourth-order valence-electron chi connectivity index (χ4n) is 2.88. The lowest BCUT2D eigenvalue weighted by molar-refractivity contribution is 0.332. The standard InChI is InChI=1S/C10H19N/c1-7(2)11-10-6-8-3-4-9(10)5-8/h7-11H,3-6H2,1-2H3/t8?,9?,10-/m1/s1. The van der Waals surface area contributed by atoms with Crippen LogP contribution in [0.1, 0.15) is 39.5 Å². The summed E-state index contributed by atoms with van der Waals surface area (Å²) in [7, 11) is 0. The van der Waals surface area contributed by atoms with Crippen LogP contribution in [0, 0.1) is 11.8 Å². The van der Waals surface area contributed by atoms with Crippen molar-refractivity contribution in [3.63, 3.8) is 0 Å². The summed E-state index contributed by atoms with van der Waals surface area (Å²) in [5.41, 5.74) is 0. The quantitative estimate of drug-likeness (QED) is 0.641. The van der Waals surface area contributed by atoms with E-state index in [0.717, 1.165) is 17.9 Å². The van der Waals surface area contributed by atoms with Crippen molar-refractivity contribution >= 4 is 0 Å². The predicted molar refractivity (Wildman–Crippen MR) is 47.5 cm³/mol. The Kier molecular flexibility index (Phi) is 1.92. The van der Waals surface area contributed by atoms with Crippen molar-refractivity contribution in [2.24, 2.45) is 11.8 Å². The van der Waals surface area contributed by atoms with Crippen molar-refractivity contribution < 1.29 is 0 Å². The Morgan fingerprint density at radius 1 is 1.18 bits per heavy atom. The molecule has 2 bridgehead atoms. The highest BCUT2D eigenvalue weighted by Gasteiger charge is 2.39. The molecule has 64 valence electrons. The van der Waals surface area contributed by atoms with Crippen molar-refractivity contribution in [1.29, 1.82) is 0 Å². The summed E-state index contributed by atoms with van der Waals surface area (Å²) in [6.45, 7) is 4.51. The van der Waals surface area contributed by atoms with Gasteiger partial charge in [0.1, 0.15) is 0 Å². The van der Waals surface area contributed by atoms with E-state index in [0.29, 0.717) is 6.04 Å². The first-order valence-corrected chi connectivity index (χ1v) is 5.01. The average Bonchev–Trinajstić information content (AvgIpc) is 2.45. The molecule has 2 unspecified atom stereocenters. The summed E-state index contributed by atoms with van der Waals surface area (Å²) in [4.78, 5) is 0. The summed E-state index contributed by atoms with van der Waals surface area (Å²) in [5.74, 6) is 2.11. The fraction of sp³-hybridized carbons (Fsp3) is 1.00. The van der Waals surface area contributed by atoms with Crippen molar-refractivity contribution in [2.75, 3.05) is 0 Å². The van der Waals surface area contributed by atoms with E-state index >= 15 is 0 Å². The van der Waals surface area contributed by atoms with Crippen molar-refractivity contribution in [3.8, 4) is 0 Å². The van der Waals surface area contributed by atoms with Crippen LogP contribution < -0.4 is 5.32 Å². The minimum Gasteiger partial charge on any atom is -0.311 e. The zero-order chi connectivity index (χ0) is 7.84. The minimum atomic E-state index is 0.680. The molecule has 0 aromatic rings. The van der Waals surface area contributed by atoms with Gasteiger partial charge in [-0.05, 0) is 31.1 Å². The molecule has 2 saturated carbocycles. The number of hydrogen-bond acceptors (Lipinski definition) is 1. The molecule has 3 atom stereocenters. The molecule has 2 fully saturated rings. The van der Waals surface area contributed by atoms with Crippen LogP contribution in [0.15, 0.2) is 0 Å². The molecule has 0 radical (unpaired) electrons. The minimum absolute atomic E-state index is 0.680. The fourth-order valence-corrected chi connectivity index (χ4v) is 2.88. The molecular formula is C10H19N. The Balaban J connectivity index is 1.87. The Hall–Kier alpha value is -0.0400. The van der Waals surface area contributed by atoms with E-state index in [-0.39, 0.29) is 0 Å². The summed E-state index contributed by atoms with van der Waals surface area (Å²) in [6.07, 6.45) is 5.99. The van der Waals surface area contributed by atoms with Crippen LogP contribution in [0.4, 0.5) is 0 Å². The van der Waals surface area contributed by atoms with E-state index in [2.05, 4.69) is 19.2 Å². The third kappa shape index (κ3) is 1.44. The highest BCUT2D eigenvalue weighted by molar-refractivity contribution is 4.94. The van der Waals surface area contributed by atoms with E-state index < -0.39 is 0 Å². The number of rotatable bonds is 2. The average molecular weight is 153 g/mol. The third-order valence-corrected chi connectivity index (χ3v) is 3.29. The van der Waals surface area contributed by atoms with Crippen LogP contribution >= 0.6 is 0 Å². The second-order valence-corrected chi connectivity index (χ2v) is 4.60. The Bertz CT molecular complexity index is 142. The van der Waals surface area contributed by atoms with Crippen LogP contribution in [0.5, 0.6) is 0 Å². The predicted octanol–water partition coefficient (Wildman–Crippen LogP) is 2.17. The molecule has 0 amide bonds. The van der Waals surface area contributed by atoms with Gasteiger partial charge in [0.2, 0.25) is 0 Å². The summed E-state index contributed by atoms with van der Waals surface area (Å²) in [6, 6.07) is 1.55. The van der Waals surface area contributed by atoms with Gasteiger partial charge in [0, 0.05) is 12.1 Å². The lowest BCUT2D eigenvalue weighted by Crippen LogP contribution is -2.38. The van der Waals surface area contributed by atoms with Gasteiger partial charge >= 0.3 is 0 Å². The molecule has 2 rings (SSSR count). The Morgan fingerprint density at radius 3 is 2.45 bits per heavy atom. The normalized spacial score (nSPS) is 42.3. The molecule has 1 N–H and O–H groups in total. The van der Waals surface area contributed by atoms with Crippen LogP contribution in [-0.2, 0) is 0 Å². The van der Waals surface area contributed by atoms with Gasteiger partial charge in [-0.15, -0.1) is 0 Å². The van der Waals surface area contributed by atoms with Gasteiger partial charge in [-0.3, -0.25) is 0 Å². The van der Waals surface area contributed by atoms with Gasteiger partial charge in [0.25, 0.3) is 0 Å². The maximum Gasteiger partial charge on any atom is 0.0100 e. The molecular weight excluding hydrogens is 134 g/mol. The SMILES string of the molecule is CC(C)N[C@@H]1CC2CCC1C2.